The molecule has 0 aliphatic heterocycles. The van der Waals surface area contributed by atoms with Crippen LogP contribution in [0.15, 0.2) is 59.4 Å². The topological polar surface area (TPSA) is 84.2 Å². The average Bonchev–Trinajstić information content (AvgIpc) is 2.77. The summed E-state index contributed by atoms with van der Waals surface area (Å²) in [6.07, 6.45) is 0.205. The van der Waals surface area contributed by atoms with Crippen LogP contribution in [-0.2, 0) is 24.3 Å². The number of rotatable bonds is 8. The van der Waals surface area contributed by atoms with Crippen LogP contribution in [0.2, 0.25) is 0 Å². The van der Waals surface area contributed by atoms with Crippen LogP contribution >= 0.6 is 0 Å². The fourth-order valence-electron chi connectivity index (χ4n) is 3.48. The van der Waals surface area contributed by atoms with Gasteiger partial charge in [-0.2, -0.15) is 0 Å². The lowest BCUT2D eigenvalue weighted by molar-refractivity contribution is -0.121. The van der Waals surface area contributed by atoms with E-state index >= 15 is 0 Å². The number of aryl methyl sites for hydroxylation is 1. The number of carbonyl (C=O) groups excluding carboxylic acids is 1. The second kappa shape index (κ2) is 10.2. The van der Waals surface area contributed by atoms with E-state index in [-0.39, 0.29) is 31.0 Å². The summed E-state index contributed by atoms with van der Waals surface area (Å²) < 4.78 is 1.39. The number of aromatic nitrogens is 2. The minimum Gasteiger partial charge on any atom is -0.396 e. The van der Waals surface area contributed by atoms with Gasteiger partial charge in [-0.3, -0.25) is 14.2 Å². The Morgan fingerprint density at radius 3 is 2.39 bits per heavy atom. The Kier molecular flexibility index (Phi) is 7.36. The summed E-state index contributed by atoms with van der Waals surface area (Å²) in [5, 5.41) is 12.2. The zero-order valence-electron chi connectivity index (χ0n) is 18.3. The van der Waals surface area contributed by atoms with Crippen molar-refractivity contribution in [2.45, 2.75) is 46.2 Å². The predicted molar refractivity (Wildman–Crippen MR) is 122 cm³/mol. The highest BCUT2D eigenvalue weighted by atomic mass is 16.3. The van der Waals surface area contributed by atoms with Crippen LogP contribution in [0.25, 0.3) is 11.4 Å². The number of amides is 1. The monoisotopic (exact) mass is 419 g/mol. The Morgan fingerprint density at radius 1 is 1.10 bits per heavy atom. The molecule has 0 fully saturated rings. The number of aliphatic hydroxyl groups excluding tert-OH is 1. The summed E-state index contributed by atoms with van der Waals surface area (Å²) in [5.41, 5.74) is 3.71. The predicted octanol–water partition coefficient (Wildman–Crippen LogP) is 3.19. The first-order valence-corrected chi connectivity index (χ1v) is 10.5. The van der Waals surface area contributed by atoms with Crippen molar-refractivity contribution in [1.82, 2.24) is 14.9 Å². The van der Waals surface area contributed by atoms with Gasteiger partial charge in [0.25, 0.3) is 5.56 Å². The Morgan fingerprint density at radius 2 is 1.77 bits per heavy atom. The number of benzene rings is 2. The van der Waals surface area contributed by atoms with Gasteiger partial charge >= 0.3 is 0 Å². The third-order valence-corrected chi connectivity index (χ3v) is 5.30. The smallest absolute Gasteiger partial charge is 0.257 e. The number of hydrogen-bond donors (Lipinski definition) is 2. The van der Waals surface area contributed by atoms with E-state index in [1.54, 1.807) is 6.92 Å². The molecule has 0 bridgehead atoms. The first kappa shape index (κ1) is 22.4. The lowest BCUT2D eigenvalue weighted by Crippen LogP contribution is -2.35. The molecule has 0 saturated carbocycles. The number of carbonyl (C=O) groups is 1. The minimum absolute atomic E-state index is 0.140. The molecular formula is C25H29N3O3. The van der Waals surface area contributed by atoms with E-state index in [9.17, 15) is 14.7 Å². The van der Waals surface area contributed by atoms with E-state index in [0.717, 1.165) is 11.1 Å². The molecule has 1 aromatic heterocycles. The van der Waals surface area contributed by atoms with E-state index in [2.05, 4.69) is 36.3 Å². The average molecular weight is 420 g/mol. The van der Waals surface area contributed by atoms with Crippen molar-refractivity contribution in [2.24, 2.45) is 0 Å². The molecule has 6 nitrogen and oxygen atoms in total. The molecule has 1 heterocycles. The van der Waals surface area contributed by atoms with Crippen LogP contribution in [0, 0.1) is 6.92 Å². The Hall–Kier alpha value is -3.25. The number of aliphatic hydroxyl groups is 1. The zero-order chi connectivity index (χ0) is 22.4. The van der Waals surface area contributed by atoms with Crippen molar-refractivity contribution >= 4 is 5.91 Å². The summed E-state index contributed by atoms with van der Waals surface area (Å²) >= 11 is 0. The SMILES string of the molecule is Cc1nc(-c2ccccc2)n(CC(=O)NCc2ccc(C(C)C)cc2)c(=O)c1CCO. The number of hydrogen-bond acceptors (Lipinski definition) is 4. The molecule has 31 heavy (non-hydrogen) atoms. The van der Waals surface area contributed by atoms with Gasteiger partial charge in [-0.05, 0) is 24.0 Å². The first-order valence-electron chi connectivity index (χ1n) is 10.5. The van der Waals surface area contributed by atoms with Crippen LogP contribution in [0.5, 0.6) is 0 Å². The summed E-state index contributed by atoms with van der Waals surface area (Å²) in [5.74, 6) is 0.628. The molecule has 3 aromatic rings. The molecular weight excluding hydrogens is 390 g/mol. The summed E-state index contributed by atoms with van der Waals surface area (Å²) in [7, 11) is 0. The zero-order valence-corrected chi connectivity index (χ0v) is 18.3. The van der Waals surface area contributed by atoms with Gasteiger partial charge in [0.15, 0.2) is 0 Å². The van der Waals surface area contributed by atoms with Crippen LogP contribution in [0.4, 0.5) is 0 Å². The summed E-state index contributed by atoms with van der Waals surface area (Å²) in [4.78, 5) is 30.4. The fourth-order valence-corrected chi connectivity index (χ4v) is 3.48. The highest BCUT2D eigenvalue weighted by molar-refractivity contribution is 5.76. The van der Waals surface area contributed by atoms with E-state index < -0.39 is 0 Å². The fraction of sp³-hybridized carbons (Fsp3) is 0.320. The lowest BCUT2D eigenvalue weighted by atomic mass is 10.0. The van der Waals surface area contributed by atoms with Crippen molar-refractivity contribution in [3.63, 3.8) is 0 Å². The minimum atomic E-state index is -0.295. The van der Waals surface area contributed by atoms with E-state index in [4.69, 9.17) is 0 Å². The molecule has 0 saturated heterocycles. The molecule has 0 spiro atoms. The summed E-state index contributed by atoms with van der Waals surface area (Å²) in [6, 6.07) is 17.5. The van der Waals surface area contributed by atoms with E-state index in [1.807, 2.05) is 42.5 Å². The van der Waals surface area contributed by atoms with Gasteiger partial charge in [0.05, 0.1) is 0 Å². The maximum Gasteiger partial charge on any atom is 0.257 e. The maximum absolute atomic E-state index is 13.1. The van der Waals surface area contributed by atoms with Crippen molar-refractivity contribution in [3.05, 3.63) is 87.3 Å². The lowest BCUT2D eigenvalue weighted by Gasteiger charge is -2.16. The Balaban J connectivity index is 1.84. The molecule has 0 atom stereocenters. The van der Waals surface area contributed by atoms with Gasteiger partial charge in [0.2, 0.25) is 5.91 Å². The molecule has 1 amide bonds. The van der Waals surface area contributed by atoms with E-state index in [1.165, 1.54) is 10.1 Å². The van der Waals surface area contributed by atoms with Crippen molar-refractivity contribution in [3.8, 4) is 11.4 Å². The highest BCUT2D eigenvalue weighted by Gasteiger charge is 2.17. The maximum atomic E-state index is 13.1. The molecule has 0 aliphatic carbocycles. The van der Waals surface area contributed by atoms with Gasteiger partial charge < -0.3 is 10.4 Å². The van der Waals surface area contributed by atoms with E-state index in [0.29, 0.717) is 29.5 Å². The molecule has 3 rings (SSSR count). The van der Waals surface area contributed by atoms with Gasteiger partial charge in [0.1, 0.15) is 12.4 Å². The molecule has 2 N–H and O–H groups in total. The quantitative estimate of drug-likeness (QED) is 0.587. The van der Waals surface area contributed by atoms with Gasteiger partial charge in [-0.15, -0.1) is 0 Å². The largest absolute Gasteiger partial charge is 0.396 e. The number of nitrogens with one attached hydrogen (secondary N) is 1. The molecule has 6 heteroatoms. The first-order chi connectivity index (χ1) is 14.9. The van der Waals surface area contributed by atoms with Crippen LogP contribution in [0.3, 0.4) is 0 Å². The molecule has 2 aromatic carbocycles. The molecule has 0 aliphatic rings. The Bertz CT molecular complexity index is 1090. The highest BCUT2D eigenvalue weighted by Crippen LogP contribution is 2.17. The van der Waals surface area contributed by atoms with Crippen LogP contribution in [-0.4, -0.2) is 27.2 Å². The van der Waals surface area contributed by atoms with Gasteiger partial charge in [-0.25, -0.2) is 4.98 Å². The second-order valence-corrected chi connectivity index (χ2v) is 7.90. The standard InChI is InChI=1S/C25H29N3O3/c1-17(2)20-11-9-19(10-12-20)15-26-23(30)16-28-24(21-7-5-4-6-8-21)27-18(3)22(13-14-29)25(28)31/h4-12,17,29H,13-16H2,1-3H3,(H,26,30). The second-order valence-electron chi connectivity index (χ2n) is 7.90. The third-order valence-electron chi connectivity index (χ3n) is 5.30. The van der Waals surface area contributed by atoms with Gasteiger partial charge in [-0.1, -0.05) is 68.4 Å². The van der Waals surface area contributed by atoms with Gasteiger partial charge in [0, 0.05) is 36.4 Å². The van der Waals surface area contributed by atoms with Crippen LogP contribution in [0.1, 0.15) is 42.1 Å². The van der Waals surface area contributed by atoms with Crippen molar-refractivity contribution in [2.75, 3.05) is 6.61 Å². The molecule has 0 radical (unpaired) electrons. The third kappa shape index (κ3) is 5.47. The van der Waals surface area contributed by atoms with Crippen LogP contribution < -0.4 is 10.9 Å². The van der Waals surface area contributed by atoms with Crippen molar-refractivity contribution in [1.29, 1.82) is 0 Å². The molecule has 162 valence electrons. The normalized spacial score (nSPS) is 11.0. The van der Waals surface area contributed by atoms with Crippen molar-refractivity contribution < 1.29 is 9.90 Å². The Labute approximate surface area is 182 Å². The number of nitrogens with zero attached hydrogens (tertiary/aromatic N) is 2. The summed E-state index contributed by atoms with van der Waals surface area (Å²) in [6.45, 7) is 6.12. The molecule has 0 unspecified atom stereocenters.